The third-order valence-electron chi connectivity index (χ3n) is 3.12. The van der Waals surface area contributed by atoms with Gasteiger partial charge in [0.25, 0.3) is 0 Å². The van der Waals surface area contributed by atoms with E-state index in [4.69, 9.17) is 9.84 Å². The van der Waals surface area contributed by atoms with Crippen LogP contribution in [0.5, 0.6) is 0 Å². The first-order chi connectivity index (χ1) is 7.65. The lowest BCUT2D eigenvalue weighted by molar-refractivity contribution is -0.142. The summed E-state index contributed by atoms with van der Waals surface area (Å²) in [7, 11) is 1.54. The molecule has 0 aromatic rings. The van der Waals surface area contributed by atoms with Gasteiger partial charge in [-0.2, -0.15) is 0 Å². The molecule has 1 aliphatic carbocycles. The highest BCUT2D eigenvalue weighted by Gasteiger charge is 2.32. The normalized spacial score (nSPS) is 26.9. The van der Waals surface area contributed by atoms with E-state index < -0.39 is 12.1 Å². The third-order valence-corrected chi connectivity index (χ3v) is 3.12. The zero-order valence-corrected chi connectivity index (χ0v) is 9.69. The largest absolute Gasteiger partial charge is 0.481 e. The van der Waals surface area contributed by atoms with E-state index in [9.17, 15) is 9.90 Å². The van der Waals surface area contributed by atoms with Crippen LogP contribution < -0.4 is 5.32 Å². The highest BCUT2D eigenvalue weighted by atomic mass is 16.5. The number of ether oxygens (including phenoxy) is 1. The minimum absolute atomic E-state index is 0.201. The molecule has 0 saturated heterocycles. The smallest absolute Gasteiger partial charge is 0.306 e. The van der Waals surface area contributed by atoms with Gasteiger partial charge in [-0.15, -0.1) is 0 Å². The summed E-state index contributed by atoms with van der Waals surface area (Å²) >= 11 is 0. The lowest BCUT2D eigenvalue weighted by atomic mass is 9.96. The van der Waals surface area contributed by atoms with Crippen LogP contribution in [-0.4, -0.2) is 49.1 Å². The first-order valence-electron chi connectivity index (χ1n) is 5.75. The Morgan fingerprint density at radius 2 is 2.31 bits per heavy atom. The minimum Gasteiger partial charge on any atom is -0.481 e. The number of aliphatic hydroxyl groups excluding tert-OH is 1. The number of hydrogen-bond donors (Lipinski definition) is 3. The average Bonchev–Trinajstić information content (AvgIpc) is 2.66. The van der Waals surface area contributed by atoms with Gasteiger partial charge in [-0.1, -0.05) is 6.42 Å². The third kappa shape index (κ3) is 4.08. The van der Waals surface area contributed by atoms with Crippen LogP contribution in [0.15, 0.2) is 0 Å². The van der Waals surface area contributed by atoms with Crippen LogP contribution in [0.3, 0.4) is 0 Å². The van der Waals surface area contributed by atoms with E-state index >= 15 is 0 Å². The van der Waals surface area contributed by atoms with Gasteiger partial charge >= 0.3 is 5.97 Å². The van der Waals surface area contributed by atoms with Gasteiger partial charge in [-0.3, -0.25) is 4.79 Å². The van der Waals surface area contributed by atoms with Gasteiger partial charge in [0.15, 0.2) is 0 Å². The van der Waals surface area contributed by atoms with Crippen LogP contribution in [0.1, 0.15) is 19.3 Å². The number of aliphatic carboxylic acids is 1. The fraction of sp³-hybridized carbons (Fsp3) is 0.909. The van der Waals surface area contributed by atoms with E-state index in [-0.39, 0.29) is 11.8 Å². The molecule has 0 radical (unpaired) electrons. The molecule has 1 rings (SSSR count). The van der Waals surface area contributed by atoms with Gasteiger partial charge in [0.05, 0.1) is 18.6 Å². The SMILES string of the molecule is COCC(O)CNCC1CCCC1C(=O)O. The molecule has 0 spiro atoms. The Hall–Kier alpha value is -0.650. The molecule has 1 fully saturated rings. The quantitative estimate of drug-likeness (QED) is 0.578. The number of aliphatic hydroxyl groups is 1. The molecule has 0 aromatic carbocycles. The molecule has 0 aromatic heterocycles. The van der Waals surface area contributed by atoms with E-state index in [0.717, 1.165) is 19.3 Å². The second kappa shape index (κ2) is 6.83. The van der Waals surface area contributed by atoms with Crippen LogP contribution in [0.2, 0.25) is 0 Å². The minimum atomic E-state index is -0.693. The number of carboxylic acids is 1. The van der Waals surface area contributed by atoms with Crippen molar-refractivity contribution in [1.82, 2.24) is 5.32 Å². The molecule has 5 nitrogen and oxygen atoms in total. The second-order valence-electron chi connectivity index (χ2n) is 4.40. The molecule has 3 N–H and O–H groups in total. The van der Waals surface area contributed by atoms with Gasteiger partial charge < -0.3 is 20.3 Å². The molecule has 3 atom stereocenters. The van der Waals surface area contributed by atoms with Gasteiger partial charge in [-0.05, 0) is 25.3 Å². The molecule has 3 unspecified atom stereocenters. The summed E-state index contributed by atoms with van der Waals surface area (Å²) in [6.45, 7) is 1.43. The van der Waals surface area contributed by atoms with E-state index in [2.05, 4.69) is 5.32 Å². The monoisotopic (exact) mass is 231 g/mol. The summed E-state index contributed by atoms with van der Waals surface area (Å²) in [5.74, 6) is -0.707. The topological polar surface area (TPSA) is 78.8 Å². The Kier molecular flexibility index (Phi) is 5.73. The Morgan fingerprint density at radius 1 is 1.56 bits per heavy atom. The summed E-state index contributed by atoms with van der Waals surface area (Å²) in [5.41, 5.74) is 0. The average molecular weight is 231 g/mol. The predicted octanol–water partition coefficient (Wildman–Crippen LogP) is 0.0842. The molecule has 0 aliphatic heterocycles. The van der Waals surface area contributed by atoms with Crippen molar-refractivity contribution in [2.45, 2.75) is 25.4 Å². The van der Waals surface area contributed by atoms with Gasteiger partial charge in [-0.25, -0.2) is 0 Å². The highest BCUT2D eigenvalue weighted by Crippen LogP contribution is 2.31. The van der Waals surface area contributed by atoms with Crippen LogP contribution in [0, 0.1) is 11.8 Å². The van der Waals surface area contributed by atoms with E-state index in [1.54, 1.807) is 7.11 Å². The van der Waals surface area contributed by atoms with Crippen LogP contribution in [0.25, 0.3) is 0 Å². The van der Waals surface area contributed by atoms with Crippen molar-refractivity contribution in [1.29, 1.82) is 0 Å². The predicted molar refractivity (Wildman–Crippen MR) is 59.2 cm³/mol. The van der Waals surface area contributed by atoms with E-state index in [1.165, 1.54) is 0 Å². The van der Waals surface area contributed by atoms with Crippen molar-refractivity contribution in [3.8, 4) is 0 Å². The van der Waals surface area contributed by atoms with Gasteiger partial charge in [0.1, 0.15) is 0 Å². The Morgan fingerprint density at radius 3 is 2.94 bits per heavy atom. The zero-order valence-electron chi connectivity index (χ0n) is 9.69. The molecule has 0 heterocycles. The van der Waals surface area contributed by atoms with Crippen molar-refractivity contribution < 1.29 is 19.7 Å². The van der Waals surface area contributed by atoms with Crippen LogP contribution in [-0.2, 0) is 9.53 Å². The van der Waals surface area contributed by atoms with E-state index in [0.29, 0.717) is 19.7 Å². The van der Waals surface area contributed by atoms with Crippen molar-refractivity contribution >= 4 is 5.97 Å². The van der Waals surface area contributed by atoms with Crippen LogP contribution in [0.4, 0.5) is 0 Å². The van der Waals surface area contributed by atoms with Crippen molar-refractivity contribution in [2.24, 2.45) is 11.8 Å². The summed E-state index contributed by atoms with van der Waals surface area (Å²) in [6.07, 6.45) is 2.21. The van der Waals surface area contributed by atoms with Crippen molar-refractivity contribution in [3.63, 3.8) is 0 Å². The molecular weight excluding hydrogens is 210 g/mol. The number of methoxy groups -OCH3 is 1. The second-order valence-corrected chi connectivity index (χ2v) is 4.40. The van der Waals surface area contributed by atoms with E-state index in [1.807, 2.05) is 0 Å². The zero-order chi connectivity index (χ0) is 12.0. The summed E-state index contributed by atoms with van der Waals surface area (Å²) in [5, 5.41) is 21.5. The number of rotatable bonds is 7. The molecule has 1 saturated carbocycles. The number of hydrogen-bond acceptors (Lipinski definition) is 4. The number of carboxylic acid groups (broad SMARTS) is 1. The standard InChI is InChI=1S/C11H21NO4/c1-16-7-9(13)6-12-5-8-3-2-4-10(8)11(14)15/h8-10,12-13H,2-7H2,1H3,(H,14,15). The molecule has 0 bridgehead atoms. The molecule has 0 amide bonds. The van der Waals surface area contributed by atoms with Gasteiger partial charge in [0, 0.05) is 13.7 Å². The lowest BCUT2D eigenvalue weighted by Crippen LogP contribution is -2.35. The van der Waals surface area contributed by atoms with Crippen molar-refractivity contribution in [3.05, 3.63) is 0 Å². The molecule has 1 aliphatic rings. The summed E-state index contributed by atoms with van der Waals surface area (Å²) in [4.78, 5) is 10.9. The molecule has 94 valence electrons. The lowest BCUT2D eigenvalue weighted by Gasteiger charge is -2.17. The maximum Gasteiger partial charge on any atom is 0.306 e. The van der Waals surface area contributed by atoms with Gasteiger partial charge in [0.2, 0.25) is 0 Å². The molecule has 16 heavy (non-hydrogen) atoms. The first kappa shape index (κ1) is 13.4. The maximum absolute atomic E-state index is 10.9. The molecular formula is C11H21NO4. The van der Waals surface area contributed by atoms with Crippen molar-refractivity contribution in [2.75, 3.05) is 26.8 Å². The Bertz CT molecular complexity index is 222. The fourth-order valence-electron chi connectivity index (χ4n) is 2.29. The number of carbonyl (C=O) groups is 1. The molecule has 5 heteroatoms. The summed E-state index contributed by atoms with van der Waals surface area (Å²) < 4.78 is 4.80. The highest BCUT2D eigenvalue weighted by molar-refractivity contribution is 5.70. The number of nitrogens with one attached hydrogen (secondary N) is 1. The van der Waals surface area contributed by atoms with Crippen LogP contribution >= 0.6 is 0 Å². The fourth-order valence-corrected chi connectivity index (χ4v) is 2.29. The first-order valence-corrected chi connectivity index (χ1v) is 5.75. The summed E-state index contributed by atoms with van der Waals surface area (Å²) in [6, 6.07) is 0. The maximum atomic E-state index is 10.9. The Balaban J connectivity index is 2.19. The Labute approximate surface area is 95.8 Å².